The second-order valence-corrected chi connectivity index (χ2v) is 3.08. The molecule has 13 heavy (non-hydrogen) atoms. The van der Waals surface area contributed by atoms with Gasteiger partial charge in [0, 0.05) is 11.4 Å². The van der Waals surface area contributed by atoms with Crippen LogP contribution in [-0.2, 0) is 4.79 Å². The molecule has 0 spiro atoms. The van der Waals surface area contributed by atoms with Gasteiger partial charge < -0.3 is 16.2 Å². The van der Waals surface area contributed by atoms with E-state index in [4.69, 9.17) is 10.8 Å². The first-order chi connectivity index (χ1) is 6.11. The van der Waals surface area contributed by atoms with Crippen molar-refractivity contribution in [1.82, 2.24) is 5.32 Å². The Balaban J connectivity index is 3.80. The third-order valence-electron chi connectivity index (χ3n) is 1.54. The molecule has 0 fully saturated rings. The first-order valence-electron chi connectivity index (χ1n) is 4.09. The predicted octanol–water partition coefficient (Wildman–Crippen LogP) is 0.212. The smallest absolute Gasteiger partial charge is 0.326 e. The van der Waals surface area contributed by atoms with E-state index in [0.29, 0.717) is 18.7 Å². The molecule has 0 saturated carbocycles. The zero-order valence-electron chi connectivity index (χ0n) is 7.49. The van der Waals surface area contributed by atoms with Gasteiger partial charge in [0.15, 0.2) is 0 Å². The summed E-state index contributed by atoms with van der Waals surface area (Å²) in [6.45, 7) is 4.28. The molecule has 4 nitrogen and oxygen atoms in total. The highest BCUT2D eigenvalue weighted by Crippen LogP contribution is 2.00. The van der Waals surface area contributed by atoms with Gasteiger partial charge in [0.1, 0.15) is 6.04 Å². The van der Waals surface area contributed by atoms with Gasteiger partial charge in [-0.3, -0.25) is 0 Å². The van der Waals surface area contributed by atoms with Crippen LogP contribution in [0.1, 0.15) is 12.8 Å². The van der Waals surface area contributed by atoms with Gasteiger partial charge in [-0.25, -0.2) is 4.79 Å². The van der Waals surface area contributed by atoms with Crippen LogP contribution in [0, 0.1) is 0 Å². The van der Waals surface area contributed by atoms with Crippen molar-refractivity contribution in [2.45, 2.75) is 18.9 Å². The van der Waals surface area contributed by atoms with Crippen molar-refractivity contribution in [2.75, 3.05) is 12.3 Å². The molecule has 0 radical (unpaired) electrons. The Morgan fingerprint density at radius 1 is 1.69 bits per heavy atom. The van der Waals surface area contributed by atoms with E-state index in [2.05, 4.69) is 24.5 Å². The second kappa shape index (κ2) is 6.80. The molecular weight excluding hydrogens is 188 g/mol. The minimum absolute atomic E-state index is 0.247. The van der Waals surface area contributed by atoms with Crippen molar-refractivity contribution < 1.29 is 9.90 Å². The summed E-state index contributed by atoms with van der Waals surface area (Å²) in [6.07, 6.45) is 1.51. The Morgan fingerprint density at radius 2 is 2.31 bits per heavy atom. The summed E-state index contributed by atoms with van der Waals surface area (Å²) in [5.74, 6) is -0.666. The molecule has 1 atom stereocenters. The molecule has 0 aromatic heterocycles. The molecule has 0 amide bonds. The molecule has 0 aromatic carbocycles. The monoisotopic (exact) mass is 204 g/mol. The van der Waals surface area contributed by atoms with Gasteiger partial charge in [0.2, 0.25) is 0 Å². The second-order valence-electron chi connectivity index (χ2n) is 2.71. The van der Waals surface area contributed by atoms with Crippen LogP contribution in [0.25, 0.3) is 0 Å². The van der Waals surface area contributed by atoms with E-state index in [1.54, 1.807) is 0 Å². The lowest BCUT2D eigenvalue weighted by Gasteiger charge is -2.14. The van der Waals surface area contributed by atoms with Gasteiger partial charge in [0.05, 0.1) is 0 Å². The van der Waals surface area contributed by atoms with Crippen molar-refractivity contribution in [3.05, 3.63) is 12.3 Å². The average molecular weight is 204 g/mol. The Hall–Kier alpha value is -0.680. The highest BCUT2D eigenvalue weighted by atomic mass is 32.1. The van der Waals surface area contributed by atoms with Crippen molar-refractivity contribution in [1.29, 1.82) is 0 Å². The number of rotatable bonds is 7. The Morgan fingerprint density at radius 3 is 2.69 bits per heavy atom. The highest BCUT2D eigenvalue weighted by molar-refractivity contribution is 7.80. The maximum absolute atomic E-state index is 10.6. The fraction of sp³-hybridized carbons (Fsp3) is 0.625. The number of nitrogens with one attached hydrogen (secondary N) is 1. The van der Waals surface area contributed by atoms with E-state index in [0.717, 1.165) is 6.42 Å². The van der Waals surface area contributed by atoms with Crippen LogP contribution in [-0.4, -0.2) is 29.4 Å². The molecule has 0 rings (SSSR count). The minimum atomic E-state index is -0.913. The summed E-state index contributed by atoms with van der Waals surface area (Å²) < 4.78 is 0. The lowest BCUT2D eigenvalue weighted by molar-refractivity contribution is -0.138. The van der Waals surface area contributed by atoms with Crippen LogP contribution in [0.4, 0.5) is 0 Å². The maximum atomic E-state index is 10.6. The normalized spacial score (nSPS) is 12.2. The van der Waals surface area contributed by atoms with Crippen LogP contribution < -0.4 is 11.1 Å². The molecule has 0 bridgehead atoms. The molecule has 5 heteroatoms. The van der Waals surface area contributed by atoms with E-state index in [1.165, 1.54) is 0 Å². The van der Waals surface area contributed by atoms with Crippen molar-refractivity contribution in [3.8, 4) is 0 Å². The average Bonchev–Trinajstić information content (AvgIpc) is 2.10. The molecule has 0 saturated heterocycles. The standard InChI is InChI=1S/C8H16N2O2S/c1-6(3-2-4-9)10-7(5-13)8(11)12/h7,10,13H,1-5,9H2,(H,11,12)/t7-/m0/s1. The number of carboxylic acids is 1. The minimum Gasteiger partial charge on any atom is -0.480 e. The predicted molar refractivity (Wildman–Crippen MR) is 55.8 cm³/mol. The molecule has 0 heterocycles. The first-order valence-corrected chi connectivity index (χ1v) is 4.73. The Labute approximate surface area is 83.6 Å². The third-order valence-corrected chi connectivity index (χ3v) is 1.91. The topological polar surface area (TPSA) is 75.3 Å². The highest BCUT2D eigenvalue weighted by Gasteiger charge is 2.14. The number of thiol groups is 1. The van der Waals surface area contributed by atoms with Gasteiger partial charge in [-0.2, -0.15) is 12.6 Å². The molecule has 0 aromatic rings. The van der Waals surface area contributed by atoms with Gasteiger partial charge in [-0.15, -0.1) is 0 Å². The number of hydrogen-bond donors (Lipinski definition) is 4. The van der Waals surface area contributed by atoms with Crippen molar-refractivity contribution in [2.24, 2.45) is 5.73 Å². The lowest BCUT2D eigenvalue weighted by Crippen LogP contribution is -2.37. The first kappa shape index (κ1) is 12.3. The van der Waals surface area contributed by atoms with E-state index in [1.807, 2.05) is 0 Å². The number of nitrogens with two attached hydrogens (primary N) is 1. The number of allylic oxidation sites excluding steroid dienone is 1. The Bertz CT molecular complexity index is 185. The molecule has 0 unspecified atom stereocenters. The SMILES string of the molecule is C=C(CCCN)N[C@@H](CS)C(=O)O. The van der Waals surface area contributed by atoms with Crippen LogP contribution in [0.2, 0.25) is 0 Å². The molecule has 4 N–H and O–H groups in total. The Kier molecular flexibility index (Phi) is 6.44. The van der Waals surface area contributed by atoms with E-state index >= 15 is 0 Å². The zero-order valence-corrected chi connectivity index (χ0v) is 8.39. The molecular formula is C8H16N2O2S. The van der Waals surface area contributed by atoms with Gasteiger partial charge in [0.25, 0.3) is 0 Å². The van der Waals surface area contributed by atoms with Crippen molar-refractivity contribution >= 4 is 18.6 Å². The fourth-order valence-corrected chi connectivity index (χ4v) is 1.07. The lowest BCUT2D eigenvalue weighted by atomic mass is 10.2. The summed E-state index contributed by atoms with van der Waals surface area (Å²) in [5, 5.41) is 11.4. The maximum Gasteiger partial charge on any atom is 0.326 e. The third kappa shape index (κ3) is 5.54. The molecule has 0 aliphatic rings. The number of aliphatic carboxylic acids is 1. The summed E-state index contributed by atoms with van der Waals surface area (Å²) in [4.78, 5) is 10.6. The number of carbonyl (C=O) groups is 1. The van der Waals surface area contributed by atoms with Gasteiger partial charge in [-0.1, -0.05) is 6.58 Å². The largest absolute Gasteiger partial charge is 0.480 e. The fourth-order valence-electron chi connectivity index (χ4n) is 0.819. The van der Waals surface area contributed by atoms with E-state index in [-0.39, 0.29) is 5.75 Å². The molecule has 76 valence electrons. The van der Waals surface area contributed by atoms with E-state index in [9.17, 15) is 4.79 Å². The summed E-state index contributed by atoms with van der Waals surface area (Å²) >= 11 is 3.91. The van der Waals surface area contributed by atoms with Crippen LogP contribution >= 0.6 is 12.6 Å². The van der Waals surface area contributed by atoms with Crippen molar-refractivity contribution in [3.63, 3.8) is 0 Å². The van der Waals surface area contributed by atoms with Gasteiger partial charge >= 0.3 is 5.97 Å². The number of carboxylic acid groups (broad SMARTS) is 1. The molecule has 0 aliphatic heterocycles. The summed E-state index contributed by atoms with van der Waals surface area (Å²) in [6, 6.07) is -0.659. The quantitative estimate of drug-likeness (QED) is 0.447. The van der Waals surface area contributed by atoms with Gasteiger partial charge in [-0.05, 0) is 19.4 Å². The summed E-state index contributed by atoms with van der Waals surface area (Å²) in [7, 11) is 0. The number of hydrogen-bond acceptors (Lipinski definition) is 4. The van der Waals surface area contributed by atoms with Crippen LogP contribution in [0.15, 0.2) is 12.3 Å². The van der Waals surface area contributed by atoms with Crippen LogP contribution in [0.3, 0.4) is 0 Å². The summed E-state index contributed by atoms with van der Waals surface area (Å²) in [5.41, 5.74) is 6.00. The molecule has 0 aliphatic carbocycles. The zero-order chi connectivity index (χ0) is 10.3. The van der Waals surface area contributed by atoms with Crippen LogP contribution in [0.5, 0.6) is 0 Å². The van der Waals surface area contributed by atoms with E-state index < -0.39 is 12.0 Å².